The number of Topliss-reactive ketones (excluding diaryl/α,β-unsaturated/α-hetero) is 3. The Morgan fingerprint density at radius 3 is 2.24 bits per heavy atom. The van der Waals surface area contributed by atoms with E-state index in [-0.39, 0.29) is 62.9 Å². The molecule has 0 aromatic carbocycles. The summed E-state index contributed by atoms with van der Waals surface area (Å²) in [5, 5.41) is 40.3. The van der Waals surface area contributed by atoms with Crippen molar-refractivity contribution in [3.05, 3.63) is 24.3 Å². The molecule has 41 heavy (non-hydrogen) atoms. The molecule has 5 aliphatic carbocycles. The number of esters is 1. The van der Waals surface area contributed by atoms with Crippen LogP contribution in [0.25, 0.3) is 0 Å². The number of hydrogen-bond acceptors (Lipinski definition) is 9. The summed E-state index contributed by atoms with van der Waals surface area (Å²) in [4.78, 5) is 69.8. The van der Waals surface area contributed by atoms with Crippen LogP contribution in [0.1, 0.15) is 58.8 Å². The molecule has 4 saturated carbocycles. The van der Waals surface area contributed by atoms with E-state index in [9.17, 15) is 44.1 Å². The molecule has 8 atom stereocenters. The molecule has 4 N–H and O–H groups in total. The molecule has 220 valence electrons. The van der Waals surface area contributed by atoms with Gasteiger partial charge in [-0.15, -0.1) is 0 Å². The molecule has 4 bridgehead atoms. The quantitative estimate of drug-likeness (QED) is 0.150. The van der Waals surface area contributed by atoms with E-state index < -0.39 is 87.1 Å². The van der Waals surface area contributed by atoms with Gasteiger partial charge in [0.2, 0.25) is 0 Å². The fraction of sp³-hybridized carbons (Fsp3) is 0.655. The number of carboxylic acid groups (broad SMARTS) is 2. The SMILES string of the molecule is C=C1C[C@]23C[C@@]1(O)CC[C@H]2[C@@]12C=C[C@H](O)[C@@](C)(C(=O)O1)[C@H]2[C@@H]3C(=O)O.CCC(=O)C1C(=O)CC(C(=O)O)CC1=O.[CaH2]. The van der Waals surface area contributed by atoms with Crippen molar-refractivity contribution in [2.24, 2.45) is 40.4 Å². The van der Waals surface area contributed by atoms with Gasteiger partial charge in [-0.1, -0.05) is 19.6 Å². The summed E-state index contributed by atoms with van der Waals surface area (Å²) in [5.74, 6) is -8.00. The molecule has 1 heterocycles. The zero-order valence-corrected chi connectivity index (χ0v) is 22.4. The van der Waals surface area contributed by atoms with Crippen molar-refractivity contribution in [3.63, 3.8) is 0 Å². The van der Waals surface area contributed by atoms with Gasteiger partial charge >= 0.3 is 55.6 Å². The van der Waals surface area contributed by atoms with Crippen molar-refractivity contribution in [3.8, 4) is 0 Å². The number of aliphatic hydroxyl groups is 2. The second-order valence-electron chi connectivity index (χ2n) is 12.6. The molecule has 0 amide bonds. The number of carbonyl (C=O) groups is 6. The van der Waals surface area contributed by atoms with Crippen LogP contribution < -0.4 is 0 Å². The molecule has 5 fully saturated rings. The second-order valence-corrected chi connectivity index (χ2v) is 12.6. The zero-order valence-electron chi connectivity index (χ0n) is 22.4. The minimum atomic E-state index is -1.27. The third-order valence-corrected chi connectivity index (χ3v) is 10.7. The first-order chi connectivity index (χ1) is 18.6. The topological polar surface area (TPSA) is 193 Å². The third-order valence-electron chi connectivity index (χ3n) is 10.7. The summed E-state index contributed by atoms with van der Waals surface area (Å²) in [6.45, 7) is 7.22. The molecule has 12 heteroatoms. The van der Waals surface area contributed by atoms with Crippen LogP contribution in [0.15, 0.2) is 24.3 Å². The van der Waals surface area contributed by atoms with Gasteiger partial charge in [0.25, 0.3) is 0 Å². The number of carboxylic acids is 2. The van der Waals surface area contributed by atoms with E-state index in [2.05, 4.69) is 6.58 Å². The number of aliphatic hydroxyl groups excluding tert-OH is 1. The number of carbonyl (C=O) groups excluding carboxylic acids is 4. The van der Waals surface area contributed by atoms with E-state index in [1.165, 1.54) is 0 Å². The van der Waals surface area contributed by atoms with E-state index in [1.54, 1.807) is 26.0 Å². The van der Waals surface area contributed by atoms with E-state index in [0.717, 1.165) is 0 Å². The first-order valence-corrected chi connectivity index (χ1v) is 13.6. The van der Waals surface area contributed by atoms with Gasteiger partial charge in [-0.3, -0.25) is 28.8 Å². The van der Waals surface area contributed by atoms with Crippen molar-refractivity contribution >= 4 is 73.0 Å². The van der Waals surface area contributed by atoms with Crippen LogP contribution in [0.2, 0.25) is 0 Å². The first kappa shape index (κ1) is 32.0. The fourth-order valence-electron chi connectivity index (χ4n) is 8.84. The van der Waals surface area contributed by atoms with Gasteiger partial charge in [-0.05, 0) is 49.7 Å². The maximum atomic E-state index is 12.7. The average Bonchev–Trinajstić information content (AvgIpc) is 3.30. The molecule has 11 nitrogen and oxygen atoms in total. The fourth-order valence-corrected chi connectivity index (χ4v) is 8.84. The van der Waals surface area contributed by atoms with Crippen LogP contribution in [0.3, 0.4) is 0 Å². The van der Waals surface area contributed by atoms with E-state index in [1.807, 2.05) is 0 Å². The van der Waals surface area contributed by atoms with Crippen molar-refractivity contribution in [1.82, 2.24) is 0 Å². The predicted octanol–water partition coefficient (Wildman–Crippen LogP) is 0.325. The van der Waals surface area contributed by atoms with Crippen LogP contribution in [0.5, 0.6) is 0 Å². The summed E-state index contributed by atoms with van der Waals surface area (Å²) in [6, 6.07) is 0. The number of ether oxygens (including phenoxy) is 1. The summed E-state index contributed by atoms with van der Waals surface area (Å²) >= 11 is 0. The van der Waals surface area contributed by atoms with E-state index in [0.29, 0.717) is 31.3 Å². The standard InChI is InChI=1S/C19H22O6.C10H12O5.Ca.2H/c1-9-7-17-8-18(9,24)5-3-10(17)19-6-4-11(20)16(2,15(23)25-19)13(19)12(17)14(21)22;1-2-6(11)9-7(12)3-5(10(14)15)4-8(9)13;;;/h4,6,10-13,20,24H,1,3,5,7-8H2,2H3,(H,21,22);5,9H,2-4H2,1H3,(H,14,15);;;/t10-,11+,12-,13-,16-,17+,18+,19-;;;;/m1..../s1. The summed E-state index contributed by atoms with van der Waals surface area (Å²) in [5.41, 5.74) is -3.29. The number of rotatable bonds is 4. The van der Waals surface area contributed by atoms with Crippen molar-refractivity contribution in [2.75, 3.05) is 0 Å². The molecule has 0 radical (unpaired) electrons. The summed E-state index contributed by atoms with van der Waals surface area (Å²) in [6.07, 6.45) is 3.82. The minimum absolute atomic E-state index is 0. The van der Waals surface area contributed by atoms with Crippen LogP contribution in [0.4, 0.5) is 0 Å². The Labute approximate surface area is 266 Å². The van der Waals surface area contributed by atoms with Gasteiger partial charge in [-0.25, -0.2) is 0 Å². The first-order valence-electron chi connectivity index (χ1n) is 13.6. The van der Waals surface area contributed by atoms with Crippen molar-refractivity contribution < 1.29 is 53.9 Å². The Bertz CT molecular complexity index is 1270. The number of fused-ring (bicyclic) bond motifs is 1. The Kier molecular flexibility index (Phi) is 8.09. The maximum absolute atomic E-state index is 12.7. The van der Waals surface area contributed by atoms with Gasteiger partial charge < -0.3 is 25.2 Å². The normalized spacial score (nSPS) is 45.1. The molecule has 0 unspecified atom stereocenters. The molecule has 0 aromatic heterocycles. The van der Waals surface area contributed by atoms with Gasteiger partial charge in [0.1, 0.15) is 16.9 Å². The van der Waals surface area contributed by atoms with Gasteiger partial charge in [0, 0.05) is 31.1 Å². The number of hydrogen-bond donors (Lipinski definition) is 4. The van der Waals surface area contributed by atoms with Crippen LogP contribution in [-0.2, 0) is 33.5 Å². The van der Waals surface area contributed by atoms with Gasteiger partial charge in [0.15, 0.2) is 17.3 Å². The summed E-state index contributed by atoms with van der Waals surface area (Å²) < 4.78 is 5.87. The van der Waals surface area contributed by atoms with Gasteiger partial charge in [0.05, 0.1) is 23.5 Å². The summed E-state index contributed by atoms with van der Waals surface area (Å²) in [7, 11) is 0. The Balaban J connectivity index is 0.000000210. The molecule has 1 saturated heterocycles. The molecule has 6 aliphatic rings. The Hall–Kier alpha value is -1.92. The van der Waals surface area contributed by atoms with Gasteiger partial charge in [-0.2, -0.15) is 0 Å². The third kappa shape index (κ3) is 4.24. The van der Waals surface area contributed by atoms with E-state index >= 15 is 0 Å². The Morgan fingerprint density at radius 2 is 1.71 bits per heavy atom. The molecule has 1 aliphatic heterocycles. The van der Waals surface area contributed by atoms with Crippen LogP contribution in [-0.4, -0.2) is 111 Å². The average molecular weight is 601 g/mol. The molecular formula is C29H36CaO11. The number of aliphatic carboxylic acids is 2. The van der Waals surface area contributed by atoms with Crippen molar-refractivity contribution in [1.29, 1.82) is 0 Å². The molecule has 0 aromatic rings. The molecule has 6 rings (SSSR count). The molecular weight excluding hydrogens is 564 g/mol. The predicted molar refractivity (Wildman–Crippen MR) is 143 cm³/mol. The second kappa shape index (κ2) is 10.4. The van der Waals surface area contributed by atoms with E-state index in [4.69, 9.17) is 9.84 Å². The number of ketones is 3. The van der Waals surface area contributed by atoms with Crippen LogP contribution in [0, 0.1) is 40.4 Å². The monoisotopic (exact) mass is 600 g/mol. The van der Waals surface area contributed by atoms with Crippen LogP contribution >= 0.6 is 0 Å². The van der Waals surface area contributed by atoms with Crippen molar-refractivity contribution in [2.45, 2.75) is 76.1 Å². The zero-order chi connectivity index (χ0) is 29.6. The molecule has 1 spiro atoms. The Morgan fingerprint density at radius 1 is 1.10 bits per heavy atom.